The van der Waals surface area contributed by atoms with Gasteiger partial charge in [0, 0.05) is 0 Å². The fourth-order valence-corrected chi connectivity index (χ4v) is 4.15. The van der Waals surface area contributed by atoms with E-state index in [0.29, 0.717) is 26.3 Å². The second kappa shape index (κ2) is 13.3. The molecule has 0 saturated heterocycles. The molecule has 4 heteroatoms. The maximum Gasteiger partial charge on any atom is 0.119 e. The molecule has 0 amide bonds. The molecule has 0 atom stereocenters. The van der Waals surface area contributed by atoms with Gasteiger partial charge in [-0.25, -0.2) is 0 Å². The molecule has 0 heterocycles. The zero-order valence-corrected chi connectivity index (χ0v) is 20.6. The van der Waals surface area contributed by atoms with Crippen LogP contribution in [0.3, 0.4) is 0 Å². The highest BCUT2D eigenvalue weighted by atomic mass is 16.5. The zero-order chi connectivity index (χ0) is 25.0. The summed E-state index contributed by atoms with van der Waals surface area (Å²) in [5.74, 6) is 1.67. The van der Waals surface area contributed by atoms with E-state index in [9.17, 15) is 0 Å². The Balaban J connectivity index is 1.91. The van der Waals surface area contributed by atoms with Crippen LogP contribution >= 0.6 is 0 Å². The second-order valence-corrected chi connectivity index (χ2v) is 8.52. The minimum absolute atomic E-state index is 0.595. The minimum atomic E-state index is 0.595. The van der Waals surface area contributed by atoms with Crippen molar-refractivity contribution in [3.8, 4) is 11.5 Å². The molecule has 4 aromatic rings. The van der Waals surface area contributed by atoms with E-state index in [0.717, 1.165) is 57.7 Å². The predicted octanol–water partition coefficient (Wildman–Crippen LogP) is 6.15. The molecule has 0 aliphatic heterocycles. The van der Waals surface area contributed by atoms with Gasteiger partial charge >= 0.3 is 0 Å². The summed E-state index contributed by atoms with van der Waals surface area (Å²) < 4.78 is 12.0. The van der Waals surface area contributed by atoms with Crippen LogP contribution in [0.4, 0.5) is 0 Å². The highest BCUT2D eigenvalue weighted by Gasteiger charge is 2.17. The molecule has 4 N–H and O–H groups in total. The fraction of sp³-hybridized carbons (Fsp3) is 0.188. The lowest BCUT2D eigenvalue weighted by Crippen LogP contribution is -2.06. The van der Waals surface area contributed by atoms with E-state index >= 15 is 0 Å². The van der Waals surface area contributed by atoms with Gasteiger partial charge in [0.25, 0.3) is 0 Å². The van der Waals surface area contributed by atoms with Crippen molar-refractivity contribution in [2.24, 2.45) is 11.5 Å². The van der Waals surface area contributed by atoms with Crippen LogP contribution in [0.25, 0.3) is 11.1 Å². The van der Waals surface area contributed by atoms with Crippen molar-refractivity contribution in [2.45, 2.75) is 12.8 Å². The maximum atomic E-state index is 6.01. The minimum Gasteiger partial charge on any atom is -0.494 e. The largest absolute Gasteiger partial charge is 0.494 e. The van der Waals surface area contributed by atoms with Gasteiger partial charge in [0.05, 0.1) is 13.2 Å². The van der Waals surface area contributed by atoms with Crippen molar-refractivity contribution >= 4 is 11.1 Å². The van der Waals surface area contributed by atoms with Crippen molar-refractivity contribution in [1.82, 2.24) is 0 Å². The topological polar surface area (TPSA) is 70.5 Å². The van der Waals surface area contributed by atoms with Crippen LogP contribution in [0.2, 0.25) is 0 Å². The van der Waals surface area contributed by atoms with Crippen LogP contribution in [0.5, 0.6) is 11.5 Å². The monoisotopic (exact) mass is 478 g/mol. The van der Waals surface area contributed by atoms with Crippen LogP contribution in [-0.4, -0.2) is 26.3 Å². The Kier molecular flexibility index (Phi) is 9.32. The molecule has 0 aliphatic carbocycles. The first-order valence-electron chi connectivity index (χ1n) is 12.5. The SMILES string of the molecule is NCCCOc1cccc(/C(=C(/c2ccccc2)c2cccc(OCCCN)c2)c2ccccc2)c1. The van der Waals surface area contributed by atoms with Crippen LogP contribution in [0.15, 0.2) is 109 Å². The molecule has 4 rings (SSSR count). The average Bonchev–Trinajstić information content (AvgIpc) is 2.93. The van der Waals surface area contributed by atoms with E-state index in [1.165, 1.54) is 0 Å². The number of hydrogen-bond donors (Lipinski definition) is 2. The summed E-state index contributed by atoms with van der Waals surface area (Å²) in [5, 5.41) is 0. The zero-order valence-electron chi connectivity index (χ0n) is 20.6. The van der Waals surface area contributed by atoms with E-state index in [1.807, 2.05) is 36.4 Å². The van der Waals surface area contributed by atoms with Gasteiger partial charge in [0.1, 0.15) is 11.5 Å². The summed E-state index contributed by atoms with van der Waals surface area (Å²) in [6.07, 6.45) is 1.63. The van der Waals surface area contributed by atoms with E-state index in [4.69, 9.17) is 20.9 Å². The molecule has 0 unspecified atom stereocenters. The fourth-order valence-electron chi connectivity index (χ4n) is 4.15. The number of nitrogens with two attached hydrogens (primary N) is 2. The summed E-state index contributed by atoms with van der Waals surface area (Å²) in [5.41, 5.74) is 18.0. The maximum absolute atomic E-state index is 6.01. The smallest absolute Gasteiger partial charge is 0.119 e. The van der Waals surface area contributed by atoms with Gasteiger partial charge in [-0.15, -0.1) is 0 Å². The standard InChI is InChI=1S/C32H34N2O2/c33-19-9-21-35-29-17-7-15-27(23-29)31(25-11-3-1-4-12-25)32(26-13-5-2-6-14-26)28-16-8-18-30(24-28)36-22-10-20-34/h1-8,11-18,23-24H,9-10,19-22,33-34H2/b32-31-. The van der Waals surface area contributed by atoms with Gasteiger partial charge in [0.2, 0.25) is 0 Å². The van der Waals surface area contributed by atoms with Gasteiger partial charge in [0.15, 0.2) is 0 Å². The Morgan fingerprint density at radius 1 is 0.472 bits per heavy atom. The molecule has 184 valence electrons. The number of benzene rings is 4. The number of rotatable bonds is 12. The Labute approximate surface area is 214 Å². The number of hydrogen-bond acceptors (Lipinski definition) is 4. The molecule has 0 fully saturated rings. The third-order valence-electron chi connectivity index (χ3n) is 5.85. The summed E-state index contributed by atoms with van der Waals surface area (Å²) in [6, 6.07) is 37.6. The lowest BCUT2D eigenvalue weighted by Gasteiger charge is -2.19. The van der Waals surface area contributed by atoms with Gasteiger partial charge in [-0.2, -0.15) is 0 Å². The molecular weight excluding hydrogens is 444 g/mol. The molecule has 4 aromatic carbocycles. The molecule has 36 heavy (non-hydrogen) atoms. The predicted molar refractivity (Wildman–Crippen MR) is 149 cm³/mol. The van der Waals surface area contributed by atoms with Crippen molar-refractivity contribution in [3.05, 3.63) is 131 Å². The summed E-state index contributed by atoms with van der Waals surface area (Å²) >= 11 is 0. The molecule has 0 aliphatic rings. The van der Waals surface area contributed by atoms with E-state index in [2.05, 4.69) is 72.8 Å². The Hall–Kier alpha value is -3.86. The van der Waals surface area contributed by atoms with E-state index < -0.39 is 0 Å². The molecule has 4 nitrogen and oxygen atoms in total. The molecule has 0 aromatic heterocycles. The third-order valence-corrected chi connectivity index (χ3v) is 5.85. The molecule has 0 spiro atoms. The Morgan fingerprint density at radius 3 is 1.25 bits per heavy atom. The lowest BCUT2D eigenvalue weighted by molar-refractivity contribution is 0.313. The molecule has 0 bridgehead atoms. The summed E-state index contributed by atoms with van der Waals surface area (Å²) in [4.78, 5) is 0. The Bertz CT molecular complexity index is 1150. The summed E-state index contributed by atoms with van der Waals surface area (Å²) in [6.45, 7) is 2.41. The first kappa shape index (κ1) is 25.2. The van der Waals surface area contributed by atoms with Crippen molar-refractivity contribution < 1.29 is 9.47 Å². The van der Waals surface area contributed by atoms with E-state index in [-0.39, 0.29) is 0 Å². The third kappa shape index (κ3) is 6.63. The molecular formula is C32H34N2O2. The van der Waals surface area contributed by atoms with Crippen LogP contribution in [0.1, 0.15) is 35.1 Å². The first-order chi connectivity index (χ1) is 17.8. The lowest BCUT2D eigenvalue weighted by atomic mass is 9.85. The quantitative estimate of drug-likeness (QED) is 0.189. The van der Waals surface area contributed by atoms with Gasteiger partial charge in [-0.3, -0.25) is 0 Å². The van der Waals surface area contributed by atoms with Gasteiger partial charge in [-0.1, -0.05) is 84.9 Å². The van der Waals surface area contributed by atoms with Crippen LogP contribution in [-0.2, 0) is 0 Å². The average molecular weight is 479 g/mol. The van der Waals surface area contributed by atoms with Crippen molar-refractivity contribution in [3.63, 3.8) is 0 Å². The summed E-state index contributed by atoms with van der Waals surface area (Å²) in [7, 11) is 0. The molecule has 0 saturated carbocycles. The molecule has 0 radical (unpaired) electrons. The highest BCUT2D eigenvalue weighted by molar-refractivity contribution is 6.04. The Morgan fingerprint density at radius 2 is 0.861 bits per heavy atom. The number of ether oxygens (including phenoxy) is 2. The second-order valence-electron chi connectivity index (χ2n) is 8.52. The van der Waals surface area contributed by atoms with Crippen molar-refractivity contribution in [2.75, 3.05) is 26.3 Å². The van der Waals surface area contributed by atoms with Crippen LogP contribution < -0.4 is 20.9 Å². The normalized spacial score (nSPS) is 11.6. The first-order valence-corrected chi connectivity index (χ1v) is 12.5. The van der Waals surface area contributed by atoms with Crippen molar-refractivity contribution in [1.29, 1.82) is 0 Å². The van der Waals surface area contributed by atoms with Gasteiger partial charge < -0.3 is 20.9 Å². The highest BCUT2D eigenvalue weighted by Crippen LogP contribution is 2.38. The van der Waals surface area contributed by atoms with E-state index in [1.54, 1.807) is 0 Å². The van der Waals surface area contributed by atoms with Crippen LogP contribution in [0, 0.1) is 0 Å². The van der Waals surface area contributed by atoms with Gasteiger partial charge in [-0.05, 0) is 83.6 Å².